The van der Waals surface area contributed by atoms with Crippen molar-refractivity contribution < 1.29 is 9.90 Å². The molecule has 0 amide bonds. The number of benzene rings is 2. The van der Waals surface area contributed by atoms with Crippen molar-refractivity contribution in [3.63, 3.8) is 0 Å². The van der Waals surface area contributed by atoms with Gasteiger partial charge in [0.2, 0.25) is 0 Å². The number of rotatable bonds is 3. The zero-order valence-electron chi connectivity index (χ0n) is 13.6. The van der Waals surface area contributed by atoms with E-state index in [1.165, 1.54) is 0 Å². The Morgan fingerprint density at radius 2 is 1.75 bits per heavy atom. The third-order valence-electron chi connectivity index (χ3n) is 3.96. The highest BCUT2D eigenvalue weighted by atomic mass is 35.5. The number of hydrogen-bond acceptors (Lipinski definition) is 3. The predicted octanol–water partition coefficient (Wildman–Crippen LogP) is 3.48. The molecule has 24 heavy (non-hydrogen) atoms. The van der Waals surface area contributed by atoms with Crippen molar-refractivity contribution in [3.05, 3.63) is 69.9 Å². The van der Waals surface area contributed by atoms with Crippen LogP contribution in [-0.2, 0) is 0 Å². The van der Waals surface area contributed by atoms with Gasteiger partial charge in [0.25, 0.3) is 0 Å². The molecular formula is C19H16ClN2O2-. The van der Waals surface area contributed by atoms with Crippen LogP contribution in [0.4, 0.5) is 0 Å². The summed E-state index contributed by atoms with van der Waals surface area (Å²) in [7, 11) is 0. The minimum absolute atomic E-state index is 0.0947. The Bertz CT molecular complexity index is 927. The van der Waals surface area contributed by atoms with Crippen LogP contribution in [-0.4, -0.2) is 15.7 Å². The molecule has 0 unspecified atom stereocenters. The van der Waals surface area contributed by atoms with Crippen molar-refractivity contribution in [2.24, 2.45) is 0 Å². The first-order valence-electron chi connectivity index (χ1n) is 7.53. The summed E-state index contributed by atoms with van der Waals surface area (Å²) in [5.41, 5.74) is 4.71. The number of carboxylic acids is 1. The first-order valence-corrected chi connectivity index (χ1v) is 7.91. The zero-order chi connectivity index (χ0) is 17.4. The van der Waals surface area contributed by atoms with E-state index in [1.807, 2.05) is 32.0 Å². The molecule has 0 bridgehead atoms. The fourth-order valence-corrected chi connectivity index (χ4v) is 2.99. The van der Waals surface area contributed by atoms with Gasteiger partial charge in [-0.25, -0.2) is 4.68 Å². The van der Waals surface area contributed by atoms with Crippen LogP contribution >= 0.6 is 11.6 Å². The van der Waals surface area contributed by atoms with Crippen molar-refractivity contribution in [1.29, 1.82) is 0 Å². The predicted molar refractivity (Wildman–Crippen MR) is 92.6 cm³/mol. The summed E-state index contributed by atoms with van der Waals surface area (Å²) in [4.78, 5) is 11.7. The number of aromatic carboxylic acids is 1. The molecular weight excluding hydrogens is 324 g/mol. The van der Waals surface area contributed by atoms with Crippen LogP contribution in [0.5, 0.6) is 0 Å². The Morgan fingerprint density at radius 3 is 2.33 bits per heavy atom. The Balaban J connectivity index is 2.32. The monoisotopic (exact) mass is 339 g/mol. The number of hydrogen-bond donors (Lipinski definition) is 0. The van der Waals surface area contributed by atoms with Gasteiger partial charge in [0.1, 0.15) is 0 Å². The first kappa shape index (κ1) is 16.3. The summed E-state index contributed by atoms with van der Waals surface area (Å²) in [6.07, 6.45) is 0. The molecule has 0 N–H and O–H groups in total. The van der Waals surface area contributed by atoms with Crippen LogP contribution in [0.1, 0.15) is 27.2 Å². The molecule has 2 aromatic carbocycles. The lowest BCUT2D eigenvalue weighted by Crippen LogP contribution is -2.23. The van der Waals surface area contributed by atoms with Crippen molar-refractivity contribution in [2.75, 3.05) is 0 Å². The average Bonchev–Trinajstić information content (AvgIpc) is 2.85. The number of carbonyl (C=O) groups is 1. The summed E-state index contributed by atoms with van der Waals surface area (Å²) in [5, 5.41) is 16.7. The van der Waals surface area contributed by atoms with Crippen LogP contribution in [0.2, 0.25) is 5.02 Å². The van der Waals surface area contributed by atoms with Gasteiger partial charge in [0.15, 0.2) is 0 Å². The molecule has 0 atom stereocenters. The van der Waals surface area contributed by atoms with Gasteiger partial charge in [0, 0.05) is 16.1 Å². The molecule has 3 aromatic rings. The van der Waals surface area contributed by atoms with Gasteiger partial charge in [-0.15, -0.1) is 0 Å². The smallest absolute Gasteiger partial charge is 0.0834 e. The molecule has 4 nitrogen and oxygen atoms in total. The van der Waals surface area contributed by atoms with Crippen molar-refractivity contribution in [2.45, 2.75) is 20.8 Å². The van der Waals surface area contributed by atoms with Gasteiger partial charge >= 0.3 is 0 Å². The topological polar surface area (TPSA) is 58.0 Å². The van der Waals surface area contributed by atoms with E-state index < -0.39 is 5.97 Å². The summed E-state index contributed by atoms with van der Waals surface area (Å²) < 4.78 is 1.67. The quantitative estimate of drug-likeness (QED) is 0.734. The summed E-state index contributed by atoms with van der Waals surface area (Å²) in [6, 6.07) is 13.0. The molecule has 0 radical (unpaired) electrons. The van der Waals surface area contributed by atoms with Gasteiger partial charge < -0.3 is 9.90 Å². The molecule has 0 aliphatic rings. The minimum atomic E-state index is -1.24. The van der Waals surface area contributed by atoms with Gasteiger partial charge in [-0.05, 0) is 44.5 Å². The van der Waals surface area contributed by atoms with Gasteiger partial charge in [0.05, 0.1) is 23.0 Å². The molecule has 3 rings (SSSR count). The fourth-order valence-electron chi connectivity index (χ4n) is 2.86. The number of carbonyl (C=O) groups excluding carboxylic acids is 1. The van der Waals surface area contributed by atoms with Crippen LogP contribution in [0.25, 0.3) is 16.9 Å². The number of carboxylic acid groups (broad SMARTS) is 1. The van der Waals surface area contributed by atoms with Crippen LogP contribution < -0.4 is 5.11 Å². The zero-order valence-corrected chi connectivity index (χ0v) is 14.4. The standard InChI is InChI=1S/C19H17ClN2O2/c1-11-4-9-16(12(2)10-11)22-18(14-5-7-15(20)8-6-14)17(19(23)24)13(3)21-22/h4-10H,1-3H3,(H,23,24)/p-1. The Labute approximate surface area is 145 Å². The molecule has 1 heterocycles. The van der Waals surface area contributed by atoms with Crippen LogP contribution in [0.15, 0.2) is 42.5 Å². The fraction of sp³-hybridized carbons (Fsp3) is 0.158. The molecule has 5 heteroatoms. The lowest BCUT2D eigenvalue weighted by Gasteiger charge is -2.13. The molecule has 1 aromatic heterocycles. The summed E-state index contributed by atoms with van der Waals surface area (Å²) in [5.74, 6) is -1.24. The van der Waals surface area contributed by atoms with E-state index in [4.69, 9.17) is 11.6 Å². The van der Waals surface area contributed by atoms with E-state index in [9.17, 15) is 9.90 Å². The molecule has 0 saturated carbocycles. The molecule has 0 fully saturated rings. The normalized spacial score (nSPS) is 10.8. The van der Waals surface area contributed by atoms with E-state index in [2.05, 4.69) is 5.10 Å². The maximum atomic E-state index is 11.7. The van der Waals surface area contributed by atoms with Crippen molar-refractivity contribution in [3.8, 4) is 16.9 Å². The molecule has 0 saturated heterocycles. The maximum absolute atomic E-state index is 11.7. The second-order valence-corrected chi connectivity index (χ2v) is 6.24. The second kappa shape index (κ2) is 6.13. The van der Waals surface area contributed by atoms with Crippen LogP contribution in [0.3, 0.4) is 0 Å². The highest BCUT2D eigenvalue weighted by Gasteiger charge is 2.19. The Morgan fingerprint density at radius 1 is 1.08 bits per heavy atom. The number of halogens is 1. The third kappa shape index (κ3) is 2.81. The number of aromatic nitrogens is 2. The summed E-state index contributed by atoms with van der Waals surface area (Å²) >= 11 is 5.96. The maximum Gasteiger partial charge on any atom is 0.0834 e. The van der Waals surface area contributed by atoms with E-state index >= 15 is 0 Å². The van der Waals surface area contributed by atoms with Gasteiger partial charge in [-0.3, -0.25) is 0 Å². The largest absolute Gasteiger partial charge is 0.545 e. The van der Waals surface area contributed by atoms with Gasteiger partial charge in [-0.2, -0.15) is 5.10 Å². The number of nitrogens with zero attached hydrogens (tertiary/aromatic N) is 2. The number of aryl methyl sites for hydroxylation is 3. The lowest BCUT2D eigenvalue weighted by atomic mass is 10.0. The Hall–Kier alpha value is -2.59. The van der Waals surface area contributed by atoms with Crippen molar-refractivity contribution >= 4 is 17.6 Å². The SMILES string of the molecule is Cc1ccc(-n2nc(C)c(C(=O)[O-])c2-c2ccc(Cl)cc2)c(C)c1. The second-order valence-electron chi connectivity index (χ2n) is 5.81. The summed E-state index contributed by atoms with van der Waals surface area (Å²) in [6.45, 7) is 5.66. The lowest BCUT2D eigenvalue weighted by molar-refractivity contribution is -0.255. The van der Waals surface area contributed by atoms with Crippen molar-refractivity contribution in [1.82, 2.24) is 9.78 Å². The van der Waals surface area contributed by atoms with E-state index in [1.54, 1.807) is 35.9 Å². The molecule has 0 aliphatic carbocycles. The van der Waals surface area contributed by atoms with Crippen LogP contribution in [0, 0.1) is 20.8 Å². The Kier molecular flexibility index (Phi) is 4.16. The highest BCUT2D eigenvalue weighted by molar-refractivity contribution is 6.30. The highest BCUT2D eigenvalue weighted by Crippen LogP contribution is 2.31. The molecule has 0 spiro atoms. The van der Waals surface area contributed by atoms with Gasteiger partial charge in [-0.1, -0.05) is 41.4 Å². The van der Waals surface area contributed by atoms with E-state index in [-0.39, 0.29) is 5.56 Å². The average molecular weight is 340 g/mol. The molecule has 122 valence electrons. The first-order chi connectivity index (χ1) is 11.4. The van der Waals surface area contributed by atoms with E-state index in [0.29, 0.717) is 16.4 Å². The molecule has 0 aliphatic heterocycles. The van der Waals surface area contributed by atoms with E-state index in [0.717, 1.165) is 22.4 Å². The minimum Gasteiger partial charge on any atom is -0.545 e. The third-order valence-corrected chi connectivity index (χ3v) is 4.21.